The van der Waals surface area contributed by atoms with Crippen LogP contribution in [0.4, 0.5) is 0 Å². The monoisotopic (exact) mass is 666 g/mol. The van der Waals surface area contributed by atoms with E-state index in [1.165, 1.54) is 0 Å². The average Bonchev–Trinajstić information content (AvgIpc) is 3.45. The fraction of sp³-hybridized carbons (Fsp3) is 0.639. The van der Waals surface area contributed by atoms with Gasteiger partial charge in [-0.1, -0.05) is 27.7 Å². The molecule has 3 aliphatic heterocycles. The minimum atomic E-state index is -1.55. The molecule has 47 heavy (non-hydrogen) atoms. The van der Waals surface area contributed by atoms with Gasteiger partial charge in [0.05, 0.1) is 16.4 Å². The van der Waals surface area contributed by atoms with Crippen LogP contribution in [-0.2, 0) is 38.1 Å². The number of esters is 4. The summed E-state index contributed by atoms with van der Waals surface area (Å²) in [5, 5.41) is 0.722. The van der Waals surface area contributed by atoms with Crippen molar-refractivity contribution in [3.05, 3.63) is 33.5 Å². The van der Waals surface area contributed by atoms with E-state index in [1.54, 1.807) is 19.9 Å². The molecular formula is C36H42O10S. The first-order valence-corrected chi connectivity index (χ1v) is 16.7. The predicted octanol–water partition coefficient (Wildman–Crippen LogP) is 6.69. The number of hydrogen-bond donors (Lipinski definition) is 0. The second-order valence-corrected chi connectivity index (χ2v) is 16.6. The van der Waals surface area contributed by atoms with E-state index >= 15 is 0 Å². The van der Waals surface area contributed by atoms with Gasteiger partial charge in [-0.2, -0.15) is 0 Å². The van der Waals surface area contributed by atoms with Crippen molar-refractivity contribution >= 4 is 47.1 Å². The Kier molecular flexibility index (Phi) is 6.25. The molecule has 1 aromatic heterocycles. The van der Waals surface area contributed by atoms with Gasteiger partial charge in [0.2, 0.25) is 11.2 Å². The highest BCUT2D eigenvalue weighted by Crippen LogP contribution is 2.67. The van der Waals surface area contributed by atoms with Crippen molar-refractivity contribution < 1.29 is 47.3 Å². The molecule has 2 aromatic rings. The molecule has 6 atom stereocenters. The Balaban J connectivity index is 1.38. The van der Waals surface area contributed by atoms with Gasteiger partial charge in [0.1, 0.15) is 16.9 Å². The first kappa shape index (κ1) is 32.1. The van der Waals surface area contributed by atoms with Crippen LogP contribution in [0.15, 0.2) is 16.5 Å². The molecule has 7 rings (SSSR count). The summed E-state index contributed by atoms with van der Waals surface area (Å²) in [6, 6.07) is 3.63. The third-order valence-corrected chi connectivity index (χ3v) is 13.9. The van der Waals surface area contributed by atoms with Crippen LogP contribution >= 0.6 is 12.2 Å². The molecule has 10 nitrogen and oxygen atoms in total. The molecule has 0 amide bonds. The van der Waals surface area contributed by atoms with Gasteiger partial charge in [0, 0.05) is 21.8 Å². The van der Waals surface area contributed by atoms with Gasteiger partial charge >= 0.3 is 23.9 Å². The Labute approximate surface area is 278 Å². The van der Waals surface area contributed by atoms with Crippen molar-refractivity contribution in [2.24, 2.45) is 21.7 Å². The quantitative estimate of drug-likeness (QED) is 0.197. The number of aryl methyl sites for hydroxylation is 1. The second-order valence-electron chi connectivity index (χ2n) is 16.2. The molecule has 4 unspecified atom stereocenters. The molecule has 4 bridgehead atoms. The first-order chi connectivity index (χ1) is 21.6. The molecule has 5 aliphatic rings. The van der Waals surface area contributed by atoms with Gasteiger partial charge in [-0.05, 0) is 97.1 Å². The fourth-order valence-electron chi connectivity index (χ4n) is 8.88. The van der Waals surface area contributed by atoms with Crippen molar-refractivity contribution in [3.8, 4) is 5.75 Å². The third kappa shape index (κ3) is 3.54. The molecular weight excluding hydrogens is 624 g/mol. The average molecular weight is 667 g/mol. The lowest BCUT2D eigenvalue weighted by Gasteiger charge is -2.45. The van der Waals surface area contributed by atoms with Crippen molar-refractivity contribution in [1.82, 2.24) is 0 Å². The van der Waals surface area contributed by atoms with Crippen LogP contribution in [0.2, 0.25) is 0 Å². The predicted molar refractivity (Wildman–Crippen MR) is 170 cm³/mol. The van der Waals surface area contributed by atoms with Crippen LogP contribution in [0, 0.1) is 40.2 Å². The van der Waals surface area contributed by atoms with Crippen molar-refractivity contribution in [1.29, 1.82) is 0 Å². The zero-order valence-corrected chi connectivity index (χ0v) is 29.4. The molecule has 2 aliphatic carbocycles. The minimum Gasteiger partial charge on any atom is -0.483 e. The Morgan fingerprint density at radius 3 is 1.72 bits per heavy atom. The number of rotatable bonds is 4. The molecule has 0 spiro atoms. The Hall–Kier alpha value is -3.47. The normalized spacial score (nSPS) is 36.8. The molecule has 1 aromatic carbocycles. The lowest BCUT2D eigenvalue weighted by molar-refractivity contribution is -0.217. The van der Waals surface area contributed by atoms with Gasteiger partial charge in [0.25, 0.3) is 0 Å². The maximum Gasteiger partial charge on any atom is 0.351 e. The van der Waals surface area contributed by atoms with Gasteiger partial charge in [-0.15, -0.1) is 0 Å². The smallest absolute Gasteiger partial charge is 0.351 e. The van der Waals surface area contributed by atoms with Crippen molar-refractivity contribution in [2.75, 3.05) is 0 Å². The summed E-state index contributed by atoms with van der Waals surface area (Å²) >= 11 is 5.58. The van der Waals surface area contributed by atoms with E-state index in [0.717, 1.165) is 16.5 Å². The summed E-state index contributed by atoms with van der Waals surface area (Å²) in [4.78, 5) is 55.1. The topological polar surface area (TPSA) is 128 Å². The number of carbonyl (C=O) groups is 4. The molecule has 2 saturated heterocycles. The Morgan fingerprint density at radius 2 is 1.26 bits per heavy atom. The fourth-order valence-corrected chi connectivity index (χ4v) is 9.11. The largest absolute Gasteiger partial charge is 0.483 e. The van der Waals surface area contributed by atoms with Gasteiger partial charge in [-0.25, -0.2) is 9.59 Å². The van der Waals surface area contributed by atoms with Crippen LogP contribution < -0.4 is 4.74 Å². The van der Waals surface area contributed by atoms with E-state index in [4.69, 9.17) is 40.3 Å². The maximum absolute atomic E-state index is 14.5. The first-order valence-electron chi connectivity index (χ1n) is 16.3. The summed E-state index contributed by atoms with van der Waals surface area (Å²) in [6.45, 7) is 18.3. The summed E-state index contributed by atoms with van der Waals surface area (Å²) in [5.74, 6) is -2.01. The maximum atomic E-state index is 14.5. The third-order valence-electron chi connectivity index (χ3n) is 13.5. The van der Waals surface area contributed by atoms with Crippen LogP contribution in [0.1, 0.15) is 104 Å². The number of hydrogen-bond acceptors (Lipinski definition) is 11. The molecule has 0 N–H and O–H groups in total. The minimum absolute atomic E-state index is 0.256. The lowest BCUT2D eigenvalue weighted by atomic mass is 9.66. The zero-order chi connectivity index (χ0) is 34.5. The highest BCUT2D eigenvalue weighted by molar-refractivity contribution is 7.71. The highest BCUT2D eigenvalue weighted by Gasteiger charge is 2.78. The number of ether oxygens (including phenoxy) is 5. The van der Waals surface area contributed by atoms with E-state index < -0.39 is 74.5 Å². The van der Waals surface area contributed by atoms with Gasteiger partial charge in [-0.3, -0.25) is 9.59 Å². The zero-order valence-electron chi connectivity index (χ0n) is 28.6. The van der Waals surface area contributed by atoms with E-state index in [1.807, 2.05) is 61.5 Å². The number of benzene rings is 1. The second kappa shape index (κ2) is 9.15. The SMILES string of the molecule is Cc1c(C)c2ccc3c(c2oc1=S)[C@@H](OC(=O)C12CCC(C)(C(=O)O1)C2(C)C)[C@@H](OC(=O)C12CCC(C)(C(=O)O1)C2(C)C)C(C)(C)O3. The van der Waals surface area contributed by atoms with Gasteiger partial charge < -0.3 is 28.1 Å². The summed E-state index contributed by atoms with van der Waals surface area (Å²) < 4.78 is 37.6. The standard InChI is InChI=1S/C36H42O10S/c1-17-18(2)25(47)41-22-19(17)11-12-20-21(22)23(42-28(39)35-15-13-33(9,26(37)45-35)31(35,5)6)24(30(3,4)44-20)43-29(40)36-16-14-34(10,27(38)46-36)32(36,7)8/h11-12,23-24H,13-16H2,1-10H3/t23-,24-,33?,34?,35?,36?/m1/s1. The molecule has 4 heterocycles. The van der Waals surface area contributed by atoms with E-state index in [-0.39, 0.29) is 17.5 Å². The van der Waals surface area contributed by atoms with E-state index in [2.05, 4.69) is 0 Å². The van der Waals surface area contributed by atoms with Gasteiger partial charge in [0.15, 0.2) is 16.9 Å². The molecule has 11 heteroatoms. The molecule has 0 radical (unpaired) electrons. The molecule has 2 saturated carbocycles. The van der Waals surface area contributed by atoms with Crippen LogP contribution in [0.25, 0.3) is 11.0 Å². The van der Waals surface area contributed by atoms with E-state index in [0.29, 0.717) is 29.7 Å². The van der Waals surface area contributed by atoms with Crippen LogP contribution in [0.5, 0.6) is 5.75 Å². The summed E-state index contributed by atoms with van der Waals surface area (Å²) in [5.41, 5.74) is -5.48. The summed E-state index contributed by atoms with van der Waals surface area (Å²) in [7, 11) is 0. The highest BCUT2D eigenvalue weighted by atomic mass is 32.1. The van der Waals surface area contributed by atoms with Crippen LogP contribution in [-0.4, -0.2) is 46.8 Å². The summed E-state index contributed by atoms with van der Waals surface area (Å²) in [6.07, 6.45) is -1.01. The van der Waals surface area contributed by atoms with Crippen molar-refractivity contribution in [2.45, 2.75) is 124 Å². The number of fused-ring (bicyclic) bond motifs is 7. The Bertz CT molecular complexity index is 1890. The molecule has 4 fully saturated rings. The van der Waals surface area contributed by atoms with E-state index in [9.17, 15) is 19.2 Å². The lowest BCUT2D eigenvalue weighted by Crippen LogP contribution is -2.57. The van der Waals surface area contributed by atoms with Crippen molar-refractivity contribution in [3.63, 3.8) is 0 Å². The van der Waals surface area contributed by atoms with Crippen LogP contribution in [0.3, 0.4) is 0 Å². The number of carbonyl (C=O) groups excluding carboxylic acids is 4. The molecule has 252 valence electrons. The Morgan fingerprint density at radius 1 is 0.745 bits per heavy atom.